The van der Waals surface area contributed by atoms with Crippen LogP contribution in [-0.2, 0) is 17.6 Å². The van der Waals surface area contributed by atoms with Gasteiger partial charge >= 0.3 is 5.97 Å². The molecule has 0 aliphatic heterocycles. The Kier molecular flexibility index (Phi) is 2.54. The van der Waals surface area contributed by atoms with Crippen LogP contribution in [0.5, 0.6) is 0 Å². The molecule has 3 atom stereocenters. The Balaban J connectivity index is 2.02. The zero-order chi connectivity index (χ0) is 12.9. The van der Waals surface area contributed by atoms with Crippen LogP contribution in [0.25, 0.3) is 0 Å². The number of aryl methyl sites for hydroxylation is 1. The van der Waals surface area contributed by atoms with Gasteiger partial charge in [0.05, 0.1) is 12.2 Å². The molecule has 1 heterocycles. The highest BCUT2D eigenvalue weighted by Crippen LogP contribution is 2.52. The van der Waals surface area contributed by atoms with Gasteiger partial charge in [0.1, 0.15) is 5.76 Å². The molecule has 2 aliphatic carbocycles. The number of hydrogen-bond acceptors (Lipinski definition) is 2. The molecule has 2 aliphatic rings. The summed E-state index contributed by atoms with van der Waals surface area (Å²) in [6.45, 7) is 4.23. The van der Waals surface area contributed by atoms with Crippen molar-refractivity contribution >= 4 is 5.97 Å². The topological polar surface area (TPSA) is 50.4 Å². The first-order valence-electron chi connectivity index (χ1n) is 6.81. The van der Waals surface area contributed by atoms with Gasteiger partial charge in [0, 0.05) is 6.42 Å². The molecular formula is C15H20O3. The molecule has 0 saturated heterocycles. The number of carboxylic acid groups (broad SMARTS) is 1. The number of aliphatic carboxylic acids is 1. The van der Waals surface area contributed by atoms with Crippen molar-refractivity contribution in [3.05, 3.63) is 23.2 Å². The average molecular weight is 248 g/mol. The Labute approximate surface area is 107 Å². The number of hydrogen-bond donors (Lipinski definition) is 1. The maximum Gasteiger partial charge on any atom is 0.307 e. The Hall–Kier alpha value is -1.25. The summed E-state index contributed by atoms with van der Waals surface area (Å²) in [5, 5.41) is 9.49. The molecule has 3 heteroatoms. The molecule has 3 nitrogen and oxygen atoms in total. The second-order valence-electron chi connectivity index (χ2n) is 6.23. The first-order chi connectivity index (χ1) is 8.52. The normalized spacial score (nSPS) is 34.8. The van der Waals surface area contributed by atoms with Crippen molar-refractivity contribution in [2.45, 2.75) is 46.0 Å². The lowest BCUT2D eigenvalue weighted by Gasteiger charge is -2.48. The molecule has 0 bridgehead atoms. The van der Waals surface area contributed by atoms with Crippen molar-refractivity contribution in [2.24, 2.45) is 17.3 Å². The molecule has 1 saturated carbocycles. The summed E-state index contributed by atoms with van der Waals surface area (Å²) in [4.78, 5) is 11.5. The fraction of sp³-hybridized carbons (Fsp3) is 0.667. The highest BCUT2D eigenvalue weighted by molar-refractivity contribution is 5.71. The highest BCUT2D eigenvalue weighted by Gasteiger charge is 2.50. The van der Waals surface area contributed by atoms with Crippen molar-refractivity contribution in [1.82, 2.24) is 0 Å². The molecule has 0 spiro atoms. The zero-order valence-electron chi connectivity index (χ0n) is 11.0. The lowest BCUT2D eigenvalue weighted by Crippen LogP contribution is -2.47. The van der Waals surface area contributed by atoms with Gasteiger partial charge in [-0.2, -0.15) is 0 Å². The third kappa shape index (κ3) is 1.53. The van der Waals surface area contributed by atoms with Crippen LogP contribution in [0.15, 0.2) is 10.7 Å². The molecule has 1 aromatic rings. The smallest absolute Gasteiger partial charge is 0.307 e. The Bertz CT molecular complexity index is 488. The summed E-state index contributed by atoms with van der Waals surface area (Å²) in [5.74, 6) is 0.747. The Morgan fingerprint density at radius 3 is 3.00 bits per heavy atom. The molecule has 0 aromatic carbocycles. The molecule has 0 unspecified atom stereocenters. The second-order valence-corrected chi connectivity index (χ2v) is 6.23. The number of fused-ring (bicyclic) bond motifs is 2. The quantitative estimate of drug-likeness (QED) is 0.830. The predicted molar refractivity (Wildman–Crippen MR) is 67.4 cm³/mol. The first-order valence-corrected chi connectivity index (χ1v) is 6.81. The van der Waals surface area contributed by atoms with Crippen LogP contribution in [0.1, 0.15) is 43.1 Å². The lowest BCUT2D eigenvalue weighted by molar-refractivity contribution is -0.151. The average Bonchev–Trinajstić information content (AvgIpc) is 2.66. The van der Waals surface area contributed by atoms with E-state index in [0.717, 1.165) is 37.9 Å². The third-order valence-electron chi connectivity index (χ3n) is 5.25. The molecule has 3 rings (SSSR count). The van der Waals surface area contributed by atoms with Crippen LogP contribution in [-0.4, -0.2) is 11.1 Å². The Morgan fingerprint density at radius 2 is 2.28 bits per heavy atom. The summed E-state index contributed by atoms with van der Waals surface area (Å²) in [7, 11) is 0. The van der Waals surface area contributed by atoms with Gasteiger partial charge in [-0.1, -0.05) is 13.3 Å². The summed E-state index contributed by atoms with van der Waals surface area (Å²) >= 11 is 0. The van der Waals surface area contributed by atoms with Gasteiger partial charge < -0.3 is 9.52 Å². The van der Waals surface area contributed by atoms with E-state index in [2.05, 4.69) is 13.8 Å². The van der Waals surface area contributed by atoms with Crippen LogP contribution in [0, 0.1) is 24.2 Å². The van der Waals surface area contributed by atoms with Gasteiger partial charge in [-0.15, -0.1) is 0 Å². The minimum absolute atomic E-state index is 0.0916. The number of carbonyl (C=O) groups is 1. The molecule has 18 heavy (non-hydrogen) atoms. The van der Waals surface area contributed by atoms with Crippen LogP contribution in [0.3, 0.4) is 0 Å². The number of rotatable bonds is 1. The van der Waals surface area contributed by atoms with Gasteiger partial charge in [-0.25, -0.2) is 0 Å². The molecule has 0 radical (unpaired) electrons. The fourth-order valence-electron chi connectivity index (χ4n) is 4.06. The van der Waals surface area contributed by atoms with E-state index in [4.69, 9.17) is 4.42 Å². The van der Waals surface area contributed by atoms with Crippen molar-refractivity contribution in [2.75, 3.05) is 0 Å². The van der Waals surface area contributed by atoms with Crippen molar-refractivity contribution in [3.63, 3.8) is 0 Å². The van der Waals surface area contributed by atoms with Crippen molar-refractivity contribution in [3.8, 4) is 0 Å². The number of furan rings is 1. The molecular weight excluding hydrogens is 228 g/mol. The van der Waals surface area contributed by atoms with E-state index >= 15 is 0 Å². The van der Waals surface area contributed by atoms with Gasteiger partial charge in [-0.3, -0.25) is 4.79 Å². The monoisotopic (exact) mass is 248 g/mol. The van der Waals surface area contributed by atoms with E-state index in [9.17, 15) is 9.90 Å². The molecule has 1 fully saturated rings. The largest absolute Gasteiger partial charge is 0.481 e. The van der Waals surface area contributed by atoms with Crippen molar-refractivity contribution < 1.29 is 14.3 Å². The standard InChI is InChI=1S/C15H20O3/c1-9-8-18-13-6-10-4-3-5-12(14(16)17)15(10,2)7-11(9)13/h8,10,12H,3-7H2,1-2H3,(H,16,17)/t10-,12-,15+/m1/s1. The van der Waals surface area contributed by atoms with Gasteiger partial charge in [0.2, 0.25) is 0 Å². The lowest BCUT2D eigenvalue weighted by atomic mass is 9.55. The Morgan fingerprint density at radius 1 is 1.50 bits per heavy atom. The molecule has 0 amide bonds. The van der Waals surface area contributed by atoms with E-state index in [1.165, 1.54) is 11.1 Å². The van der Waals surface area contributed by atoms with E-state index in [1.54, 1.807) is 0 Å². The fourth-order valence-corrected chi connectivity index (χ4v) is 4.06. The van der Waals surface area contributed by atoms with Crippen LogP contribution >= 0.6 is 0 Å². The van der Waals surface area contributed by atoms with E-state index in [1.807, 2.05) is 6.26 Å². The first kappa shape index (κ1) is 11.8. The van der Waals surface area contributed by atoms with Crippen LogP contribution < -0.4 is 0 Å². The zero-order valence-corrected chi connectivity index (χ0v) is 11.0. The van der Waals surface area contributed by atoms with Gasteiger partial charge in [0.25, 0.3) is 0 Å². The van der Waals surface area contributed by atoms with Gasteiger partial charge in [0.15, 0.2) is 0 Å². The van der Waals surface area contributed by atoms with E-state index in [0.29, 0.717) is 5.92 Å². The molecule has 98 valence electrons. The SMILES string of the molecule is Cc1coc2c1C[C@@]1(C)[C@H](CCC[C@@H]1C(=O)O)C2. The van der Waals surface area contributed by atoms with E-state index in [-0.39, 0.29) is 11.3 Å². The minimum Gasteiger partial charge on any atom is -0.481 e. The summed E-state index contributed by atoms with van der Waals surface area (Å²) in [5.41, 5.74) is 2.35. The van der Waals surface area contributed by atoms with Crippen LogP contribution in [0.2, 0.25) is 0 Å². The maximum atomic E-state index is 11.5. The summed E-state index contributed by atoms with van der Waals surface area (Å²) < 4.78 is 5.63. The van der Waals surface area contributed by atoms with Gasteiger partial charge in [-0.05, 0) is 48.6 Å². The summed E-state index contributed by atoms with van der Waals surface area (Å²) in [6, 6.07) is 0. The molecule has 1 N–H and O–H groups in total. The number of carboxylic acids is 1. The van der Waals surface area contributed by atoms with Crippen molar-refractivity contribution in [1.29, 1.82) is 0 Å². The summed E-state index contributed by atoms with van der Waals surface area (Å²) in [6.07, 6.45) is 6.61. The predicted octanol–water partition coefficient (Wildman–Crippen LogP) is 3.19. The second kappa shape index (κ2) is 3.87. The maximum absolute atomic E-state index is 11.5. The van der Waals surface area contributed by atoms with E-state index < -0.39 is 5.97 Å². The highest BCUT2D eigenvalue weighted by atomic mass is 16.4. The minimum atomic E-state index is -0.619. The molecule has 1 aromatic heterocycles. The van der Waals surface area contributed by atoms with Crippen LogP contribution in [0.4, 0.5) is 0 Å². The third-order valence-corrected chi connectivity index (χ3v) is 5.25.